The number of pyridine rings is 2. The lowest BCUT2D eigenvalue weighted by Crippen LogP contribution is -2.22. The number of carbonyl (C=O) groups excluding carboxylic acids is 1. The van der Waals surface area contributed by atoms with Crippen LogP contribution in [0.5, 0.6) is 0 Å². The largest absolute Gasteiger partial charge is 0.346 e. The third-order valence-electron chi connectivity index (χ3n) is 3.74. The summed E-state index contributed by atoms with van der Waals surface area (Å²) in [4.78, 5) is 25.1. The molecule has 0 aliphatic heterocycles. The van der Waals surface area contributed by atoms with Gasteiger partial charge in [0.25, 0.3) is 5.91 Å². The fourth-order valence-electron chi connectivity index (χ4n) is 2.49. The number of carbonyl (C=O) groups is 1. The summed E-state index contributed by atoms with van der Waals surface area (Å²) in [6.45, 7) is 0.426. The Morgan fingerprint density at radius 1 is 1.04 bits per heavy atom. The SMILES string of the molecule is O=C(NCc1ccnc(-c2ccncc2)c1)c1nc2ccccc2s1. The summed E-state index contributed by atoms with van der Waals surface area (Å²) >= 11 is 1.40. The van der Waals surface area contributed by atoms with Gasteiger partial charge in [0.1, 0.15) is 0 Å². The number of fused-ring (bicyclic) bond motifs is 1. The van der Waals surface area contributed by atoms with Gasteiger partial charge in [-0.2, -0.15) is 0 Å². The average molecular weight is 346 g/mol. The van der Waals surface area contributed by atoms with E-state index in [1.807, 2.05) is 48.5 Å². The van der Waals surface area contributed by atoms with Crippen LogP contribution >= 0.6 is 11.3 Å². The zero-order chi connectivity index (χ0) is 17.1. The molecule has 0 aliphatic carbocycles. The van der Waals surface area contributed by atoms with E-state index in [4.69, 9.17) is 0 Å². The maximum absolute atomic E-state index is 12.4. The summed E-state index contributed by atoms with van der Waals surface area (Å²) in [5.41, 5.74) is 3.68. The van der Waals surface area contributed by atoms with Crippen LogP contribution < -0.4 is 5.32 Å². The molecule has 0 aliphatic rings. The van der Waals surface area contributed by atoms with Crippen LogP contribution in [0.15, 0.2) is 67.1 Å². The molecule has 0 saturated carbocycles. The van der Waals surface area contributed by atoms with E-state index in [1.54, 1.807) is 18.6 Å². The van der Waals surface area contributed by atoms with Crippen LogP contribution in [0.1, 0.15) is 15.4 Å². The first-order chi connectivity index (χ1) is 12.3. The Labute approximate surface area is 148 Å². The van der Waals surface area contributed by atoms with Crippen molar-refractivity contribution in [2.24, 2.45) is 0 Å². The van der Waals surface area contributed by atoms with E-state index in [0.717, 1.165) is 27.0 Å². The molecule has 1 N–H and O–H groups in total. The van der Waals surface area contributed by atoms with Crippen molar-refractivity contribution in [3.8, 4) is 11.3 Å². The number of thiazole rings is 1. The molecule has 0 fully saturated rings. The lowest BCUT2D eigenvalue weighted by molar-refractivity contribution is 0.0950. The lowest BCUT2D eigenvalue weighted by atomic mass is 10.1. The second-order valence-electron chi connectivity index (χ2n) is 5.45. The molecule has 1 aromatic carbocycles. The van der Waals surface area contributed by atoms with Gasteiger partial charge in [0.05, 0.1) is 15.9 Å². The predicted molar refractivity (Wildman–Crippen MR) is 98.3 cm³/mol. The van der Waals surface area contributed by atoms with Crippen molar-refractivity contribution in [2.75, 3.05) is 0 Å². The average Bonchev–Trinajstić information content (AvgIpc) is 3.11. The molecular weight excluding hydrogens is 332 g/mol. The number of rotatable bonds is 4. The molecule has 1 amide bonds. The number of benzene rings is 1. The first-order valence-corrected chi connectivity index (χ1v) is 8.60. The number of hydrogen-bond donors (Lipinski definition) is 1. The lowest BCUT2D eigenvalue weighted by Gasteiger charge is -2.06. The number of para-hydroxylation sites is 1. The fourth-order valence-corrected chi connectivity index (χ4v) is 3.37. The van der Waals surface area contributed by atoms with Crippen molar-refractivity contribution >= 4 is 27.5 Å². The normalized spacial score (nSPS) is 10.7. The predicted octanol–water partition coefficient (Wildman–Crippen LogP) is 3.68. The number of hydrogen-bond acceptors (Lipinski definition) is 5. The smallest absolute Gasteiger partial charge is 0.280 e. The van der Waals surface area contributed by atoms with Gasteiger partial charge < -0.3 is 5.32 Å². The number of aromatic nitrogens is 3. The van der Waals surface area contributed by atoms with Gasteiger partial charge in [0.2, 0.25) is 0 Å². The van der Waals surface area contributed by atoms with Crippen molar-refractivity contribution in [2.45, 2.75) is 6.54 Å². The molecule has 0 radical (unpaired) electrons. The minimum atomic E-state index is -0.163. The molecular formula is C19H14N4OS. The summed E-state index contributed by atoms with van der Waals surface area (Å²) < 4.78 is 1.01. The standard InChI is InChI=1S/C19H14N4OS/c24-18(19-23-15-3-1-2-4-17(15)25-19)22-12-13-5-10-21-16(11-13)14-6-8-20-9-7-14/h1-11H,12H2,(H,22,24). The van der Waals surface area contributed by atoms with Crippen LogP contribution in [0.3, 0.4) is 0 Å². The minimum absolute atomic E-state index is 0.163. The van der Waals surface area contributed by atoms with Gasteiger partial charge in [-0.15, -0.1) is 11.3 Å². The molecule has 4 rings (SSSR count). The summed E-state index contributed by atoms with van der Waals surface area (Å²) in [6, 6.07) is 15.4. The van der Waals surface area contributed by atoms with Crippen molar-refractivity contribution in [1.82, 2.24) is 20.3 Å². The van der Waals surface area contributed by atoms with Crippen molar-refractivity contribution < 1.29 is 4.79 Å². The van der Waals surface area contributed by atoms with E-state index in [1.165, 1.54) is 11.3 Å². The zero-order valence-corrected chi connectivity index (χ0v) is 14.0. The molecule has 25 heavy (non-hydrogen) atoms. The second kappa shape index (κ2) is 6.78. The van der Waals surface area contributed by atoms with E-state index in [-0.39, 0.29) is 5.91 Å². The van der Waals surface area contributed by atoms with Gasteiger partial charge in [-0.25, -0.2) is 4.98 Å². The molecule has 122 valence electrons. The molecule has 3 aromatic heterocycles. The highest BCUT2D eigenvalue weighted by atomic mass is 32.1. The van der Waals surface area contributed by atoms with Crippen LogP contribution in [0.2, 0.25) is 0 Å². The highest BCUT2D eigenvalue weighted by Gasteiger charge is 2.11. The molecule has 0 unspecified atom stereocenters. The molecule has 0 spiro atoms. The molecule has 6 heteroatoms. The quantitative estimate of drug-likeness (QED) is 0.612. The maximum atomic E-state index is 12.4. The van der Waals surface area contributed by atoms with E-state index in [9.17, 15) is 4.79 Å². The van der Waals surface area contributed by atoms with Crippen molar-refractivity contribution in [1.29, 1.82) is 0 Å². The van der Waals surface area contributed by atoms with Crippen molar-refractivity contribution in [3.63, 3.8) is 0 Å². The molecule has 5 nitrogen and oxygen atoms in total. The molecule has 0 bridgehead atoms. The van der Waals surface area contributed by atoms with E-state index in [2.05, 4.69) is 20.3 Å². The summed E-state index contributed by atoms with van der Waals surface area (Å²) in [5.74, 6) is -0.163. The number of nitrogens with one attached hydrogen (secondary N) is 1. The van der Waals surface area contributed by atoms with E-state index >= 15 is 0 Å². The van der Waals surface area contributed by atoms with Gasteiger partial charge >= 0.3 is 0 Å². The number of nitrogens with zero attached hydrogens (tertiary/aromatic N) is 3. The number of amides is 1. The summed E-state index contributed by atoms with van der Waals surface area (Å²) in [5, 5.41) is 3.40. The van der Waals surface area contributed by atoms with Crippen LogP contribution in [0.4, 0.5) is 0 Å². The fraction of sp³-hybridized carbons (Fsp3) is 0.0526. The third-order valence-corrected chi connectivity index (χ3v) is 4.78. The maximum Gasteiger partial charge on any atom is 0.280 e. The molecule has 0 atom stereocenters. The van der Waals surface area contributed by atoms with Gasteiger partial charge in [-0.1, -0.05) is 12.1 Å². The first-order valence-electron chi connectivity index (χ1n) is 7.79. The van der Waals surface area contributed by atoms with Gasteiger partial charge in [0, 0.05) is 30.7 Å². The van der Waals surface area contributed by atoms with Gasteiger partial charge in [0.15, 0.2) is 5.01 Å². The molecule has 4 aromatic rings. The highest BCUT2D eigenvalue weighted by Crippen LogP contribution is 2.21. The Balaban J connectivity index is 1.48. The second-order valence-corrected chi connectivity index (χ2v) is 6.49. The Morgan fingerprint density at radius 3 is 2.72 bits per heavy atom. The zero-order valence-electron chi connectivity index (χ0n) is 13.2. The highest BCUT2D eigenvalue weighted by molar-refractivity contribution is 7.20. The van der Waals surface area contributed by atoms with Crippen LogP contribution in [0, 0.1) is 0 Å². The third kappa shape index (κ3) is 3.39. The molecule has 3 heterocycles. The van der Waals surface area contributed by atoms with Crippen LogP contribution in [-0.2, 0) is 6.54 Å². The Bertz CT molecular complexity index is 997. The van der Waals surface area contributed by atoms with Crippen LogP contribution in [0.25, 0.3) is 21.5 Å². The molecule has 0 saturated heterocycles. The van der Waals surface area contributed by atoms with E-state index in [0.29, 0.717) is 11.6 Å². The Kier molecular flexibility index (Phi) is 4.18. The Morgan fingerprint density at radius 2 is 1.88 bits per heavy atom. The monoisotopic (exact) mass is 346 g/mol. The van der Waals surface area contributed by atoms with Crippen LogP contribution in [-0.4, -0.2) is 20.9 Å². The first kappa shape index (κ1) is 15.4. The summed E-state index contributed by atoms with van der Waals surface area (Å²) in [7, 11) is 0. The minimum Gasteiger partial charge on any atom is -0.346 e. The van der Waals surface area contributed by atoms with Crippen molar-refractivity contribution in [3.05, 3.63) is 77.7 Å². The van der Waals surface area contributed by atoms with E-state index < -0.39 is 0 Å². The topological polar surface area (TPSA) is 67.8 Å². The Hall–Kier alpha value is -3.12. The van der Waals surface area contributed by atoms with Gasteiger partial charge in [-0.3, -0.25) is 14.8 Å². The van der Waals surface area contributed by atoms with Gasteiger partial charge in [-0.05, 0) is 42.0 Å². The summed E-state index contributed by atoms with van der Waals surface area (Å²) in [6.07, 6.45) is 5.21.